The zero-order valence-corrected chi connectivity index (χ0v) is 11.4. The lowest BCUT2D eigenvalue weighted by Gasteiger charge is -2.42. The molecule has 0 saturated carbocycles. The number of aliphatic carboxylic acids is 1. The molecule has 1 saturated heterocycles. The molecule has 1 fully saturated rings. The molecule has 100 valence electrons. The van der Waals surface area contributed by atoms with Gasteiger partial charge in [-0.05, 0) is 40.3 Å². The molecule has 0 spiro atoms. The van der Waals surface area contributed by atoms with Gasteiger partial charge < -0.3 is 10.0 Å². The van der Waals surface area contributed by atoms with E-state index < -0.39 is 5.97 Å². The molecule has 0 aromatic rings. The Morgan fingerprint density at radius 1 is 1.18 bits per heavy atom. The van der Waals surface area contributed by atoms with E-state index in [1.807, 2.05) is 0 Å². The minimum Gasteiger partial charge on any atom is -0.481 e. The molecule has 0 aromatic carbocycles. The van der Waals surface area contributed by atoms with Gasteiger partial charge >= 0.3 is 5.97 Å². The molecule has 2 unspecified atom stereocenters. The van der Waals surface area contributed by atoms with Crippen LogP contribution in [-0.4, -0.2) is 59.6 Å². The summed E-state index contributed by atoms with van der Waals surface area (Å²) in [6.45, 7) is 7.93. The van der Waals surface area contributed by atoms with E-state index in [2.05, 4.69) is 30.7 Å². The maximum Gasteiger partial charge on any atom is 0.303 e. The summed E-state index contributed by atoms with van der Waals surface area (Å²) < 4.78 is 0. The van der Waals surface area contributed by atoms with Crippen LogP contribution < -0.4 is 0 Å². The Morgan fingerprint density at radius 3 is 2.29 bits per heavy atom. The Balaban J connectivity index is 2.13. The lowest BCUT2D eigenvalue weighted by Crippen LogP contribution is -2.54. The molecule has 4 heteroatoms. The summed E-state index contributed by atoms with van der Waals surface area (Å²) in [5.74, 6) is -0.674. The van der Waals surface area contributed by atoms with Crippen LogP contribution in [-0.2, 0) is 4.79 Å². The average molecular weight is 242 g/mol. The van der Waals surface area contributed by atoms with Crippen molar-refractivity contribution in [3.8, 4) is 0 Å². The van der Waals surface area contributed by atoms with Gasteiger partial charge in [-0.2, -0.15) is 0 Å². The third-order valence-electron chi connectivity index (χ3n) is 3.80. The van der Waals surface area contributed by atoms with E-state index in [1.54, 1.807) is 0 Å². The summed E-state index contributed by atoms with van der Waals surface area (Å²) in [5.41, 5.74) is 0. The summed E-state index contributed by atoms with van der Waals surface area (Å²) in [6.07, 6.45) is 3.28. The molecule has 1 aliphatic rings. The van der Waals surface area contributed by atoms with Crippen LogP contribution >= 0.6 is 0 Å². The van der Waals surface area contributed by atoms with E-state index in [0.717, 1.165) is 38.9 Å². The van der Waals surface area contributed by atoms with Gasteiger partial charge in [0, 0.05) is 31.6 Å². The molecule has 1 N–H and O–H groups in total. The van der Waals surface area contributed by atoms with E-state index in [0.29, 0.717) is 18.5 Å². The molecule has 0 aliphatic carbocycles. The first-order valence-electron chi connectivity index (χ1n) is 6.66. The van der Waals surface area contributed by atoms with Crippen LogP contribution in [0.25, 0.3) is 0 Å². The molecule has 0 bridgehead atoms. The normalized spacial score (nSPS) is 27.2. The van der Waals surface area contributed by atoms with Crippen LogP contribution in [0.15, 0.2) is 0 Å². The maximum atomic E-state index is 10.4. The summed E-state index contributed by atoms with van der Waals surface area (Å²) in [4.78, 5) is 15.3. The molecular formula is C13H26N2O2. The monoisotopic (exact) mass is 242 g/mol. The van der Waals surface area contributed by atoms with Crippen molar-refractivity contribution in [3.63, 3.8) is 0 Å². The van der Waals surface area contributed by atoms with Gasteiger partial charge in [0.2, 0.25) is 0 Å². The van der Waals surface area contributed by atoms with Gasteiger partial charge in [0.1, 0.15) is 0 Å². The Morgan fingerprint density at radius 2 is 1.76 bits per heavy atom. The molecule has 1 rings (SSSR count). The Kier molecular flexibility index (Phi) is 5.92. The van der Waals surface area contributed by atoms with Crippen molar-refractivity contribution in [2.45, 2.75) is 51.6 Å². The molecule has 0 amide bonds. The average Bonchev–Trinajstić information content (AvgIpc) is 2.25. The van der Waals surface area contributed by atoms with Gasteiger partial charge in [0.25, 0.3) is 0 Å². The van der Waals surface area contributed by atoms with Crippen molar-refractivity contribution in [1.29, 1.82) is 0 Å². The number of hydrogen-bond donors (Lipinski definition) is 1. The number of likely N-dealkylation sites (N-methyl/N-ethyl adjacent to an activating group) is 1. The van der Waals surface area contributed by atoms with E-state index in [4.69, 9.17) is 5.11 Å². The maximum absolute atomic E-state index is 10.4. The summed E-state index contributed by atoms with van der Waals surface area (Å²) in [7, 11) is 2.19. The van der Waals surface area contributed by atoms with Gasteiger partial charge in [-0.3, -0.25) is 9.69 Å². The Labute approximate surface area is 105 Å². The molecule has 1 heterocycles. The standard InChI is InChI=1S/C13H26N2O2/c1-11-9-15(10-12(2)14(11)3)8-6-4-5-7-13(16)17/h11-12H,4-10H2,1-3H3,(H,16,17). The Hall–Kier alpha value is -0.610. The number of carbonyl (C=O) groups is 1. The summed E-state index contributed by atoms with van der Waals surface area (Å²) in [5, 5.41) is 8.54. The second kappa shape index (κ2) is 6.97. The highest BCUT2D eigenvalue weighted by Crippen LogP contribution is 2.14. The zero-order chi connectivity index (χ0) is 12.8. The minimum absolute atomic E-state index is 0.315. The Bertz CT molecular complexity index is 234. The van der Waals surface area contributed by atoms with Crippen molar-refractivity contribution in [2.75, 3.05) is 26.7 Å². The van der Waals surface area contributed by atoms with Crippen LogP contribution in [0.3, 0.4) is 0 Å². The summed E-state index contributed by atoms with van der Waals surface area (Å²) in [6, 6.07) is 1.25. The quantitative estimate of drug-likeness (QED) is 0.719. The predicted octanol–water partition coefficient (Wildman–Crippen LogP) is 1.66. The van der Waals surface area contributed by atoms with Gasteiger partial charge in [-0.25, -0.2) is 0 Å². The van der Waals surface area contributed by atoms with Crippen LogP contribution in [0.1, 0.15) is 39.5 Å². The van der Waals surface area contributed by atoms with E-state index in [1.165, 1.54) is 0 Å². The van der Waals surface area contributed by atoms with E-state index in [9.17, 15) is 4.79 Å². The van der Waals surface area contributed by atoms with Gasteiger partial charge in [-0.15, -0.1) is 0 Å². The zero-order valence-electron chi connectivity index (χ0n) is 11.4. The van der Waals surface area contributed by atoms with Crippen molar-refractivity contribution in [3.05, 3.63) is 0 Å². The number of piperazine rings is 1. The topological polar surface area (TPSA) is 43.8 Å². The number of carboxylic acid groups (broad SMARTS) is 1. The highest BCUT2D eigenvalue weighted by molar-refractivity contribution is 5.66. The number of carboxylic acids is 1. The van der Waals surface area contributed by atoms with E-state index in [-0.39, 0.29) is 0 Å². The highest BCUT2D eigenvalue weighted by atomic mass is 16.4. The predicted molar refractivity (Wildman–Crippen MR) is 69.2 cm³/mol. The lowest BCUT2D eigenvalue weighted by molar-refractivity contribution is -0.137. The molecule has 0 aromatic heterocycles. The molecular weight excluding hydrogens is 216 g/mol. The van der Waals surface area contributed by atoms with Crippen molar-refractivity contribution < 1.29 is 9.90 Å². The third-order valence-corrected chi connectivity index (χ3v) is 3.80. The summed E-state index contributed by atoms with van der Waals surface area (Å²) >= 11 is 0. The molecule has 4 nitrogen and oxygen atoms in total. The fourth-order valence-electron chi connectivity index (χ4n) is 2.48. The highest BCUT2D eigenvalue weighted by Gasteiger charge is 2.25. The molecule has 17 heavy (non-hydrogen) atoms. The van der Waals surface area contributed by atoms with Crippen LogP contribution in [0.2, 0.25) is 0 Å². The van der Waals surface area contributed by atoms with Crippen LogP contribution in [0.5, 0.6) is 0 Å². The largest absolute Gasteiger partial charge is 0.481 e. The van der Waals surface area contributed by atoms with Crippen molar-refractivity contribution in [2.24, 2.45) is 0 Å². The molecule has 2 atom stereocenters. The third kappa shape index (κ3) is 5.04. The van der Waals surface area contributed by atoms with Gasteiger partial charge in [0.05, 0.1) is 0 Å². The second-order valence-corrected chi connectivity index (χ2v) is 5.33. The second-order valence-electron chi connectivity index (χ2n) is 5.33. The first-order chi connectivity index (χ1) is 8.00. The van der Waals surface area contributed by atoms with Gasteiger partial charge in [0.15, 0.2) is 0 Å². The van der Waals surface area contributed by atoms with Crippen LogP contribution in [0.4, 0.5) is 0 Å². The van der Waals surface area contributed by atoms with Crippen molar-refractivity contribution >= 4 is 5.97 Å². The minimum atomic E-state index is -0.674. The molecule has 0 radical (unpaired) electrons. The van der Waals surface area contributed by atoms with E-state index >= 15 is 0 Å². The SMILES string of the molecule is CC1CN(CCCCCC(=O)O)CC(C)N1C. The number of rotatable bonds is 6. The fourth-order valence-corrected chi connectivity index (χ4v) is 2.48. The molecule has 1 aliphatic heterocycles. The lowest BCUT2D eigenvalue weighted by atomic mass is 10.1. The van der Waals surface area contributed by atoms with Crippen molar-refractivity contribution in [1.82, 2.24) is 9.80 Å². The first kappa shape index (κ1) is 14.5. The number of unbranched alkanes of at least 4 members (excludes halogenated alkanes) is 2. The number of hydrogen-bond acceptors (Lipinski definition) is 3. The number of nitrogens with zero attached hydrogens (tertiary/aromatic N) is 2. The fraction of sp³-hybridized carbons (Fsp3) is 0.923. The first-order valence-corrected chi connectivity index (χ1v) is 6.66. The van der Waals surface area contributed by atoms with Crippen LogP contribution in [0, 0.1) is 0 Å². The van der Waals surface area contributed by atoms with Gasteiger partial charge in [-0.1, -0.05) is 6.42 Å². The smallest absolute Gasteiger partial charge is 0.303 e.